The maximum atomic E-state index is 13.0. The van der Waals surface area contributed by atoms with Gasteiger partial charge in [0.15, 0.2) is 0 Å². The average Bonchev–Trinajstić information content (AvgIpc) is 3.23. The summed E-state index contributed by atoms with van der Waals surface area (Å²) < 4.78 is 0. The van der Waals surface area contributed by atoms with Crippen LogP contribution in [0.3, 0.4) is 0 Å². The van der Waals surface area contributed by atoms with Gasteiger partial charge in [-0.15, -0.1) is 0 Å². The molecule has 2 saturated carbocycles. The van der Waals surface area contributed by atoms with Gasteiger partial charge in [0.05, 0.1) is 6.17 Å². The van der Waals surface area contributed by atoms with E-state index in [-0.39, 0.29) is 30.1 Å². The summed E-state index contributed by atoms with van der Waals surface area (Å²) in [5.74, 6) is 1.66. The highest BCUT2D eigenvalue weighted by atomic mass is 16.7. The van der Waals surface area contributed by atoms with Gasteiger partial charge in [-0.2, -0.15) is 5.48 Å². The van der Waals surface area contributed by atoms with Crippen LogP contribution >= 0.6 is 0 Å². The maximum absolute atomic E-state index is 13.0. The number of nitrogens with one attached hydrogen (secondary N) is 4. The summed E-state index contributed by atoms with van der Waals surface area (Å²) in [4.78, 5) is 35.5. The van der Waals surface area contributed by atoms with Crippen molar-refractivity contribution in [2.45, 2.75) is 95.5 Å². The van der Waals surface area contributed by atoms with Gasteiger partial charge in [0.1, 0.15) is 6.23 Å². The van der Waals surface area contributed by atoms with Crippen LogP contribution in [-0.4, -0.2) is 72.8 Å². The second kappa shape index (κ2) is 11.6. The van der Waals surface area contributed by atoms with E-state index in [9.17, 15) is 9.59 Å². The van der Waals surface area contributed by atoms with Crippen LogP contribution in [0.15, 0.2) is 0 Å². The molecule has 5 rings (SSSR count). The van der Waals surface area contributed by atoms with Crippen molar-refractivity contribution >= 4 is 11.8 Å². The van der Waals surface area contributed by atoms with Crippen LogP contribution in [0.4, 0.5) is 0 Å². The van der Waals surface area contributed by atoms with Crippen molar-refractivity contribution in [3.8, 4) is 0 Å². The van der Waals surface area contributed by atoms with Crippen molar-refractivity contribution in [3.63, 3.8) is 0 Å². The monoisotopic (exact) mass is 476 g/mol. The Balaban J connectivity index is 1.04. The Morgan fingerprint density at radius 3 is 2.65 bits per heavy atom. The van der Waals surface area contributed by atoms with E-state index in [1.807, 2.05) is 4.90 Å². The predicted octanol–water partition coefficient (Wildman–Crippen LogP) is 1.47. The SMILES string of the molecule is O=C1NNC(CN2CCCN(C(=O)CCC3NC(C4CCCCC4)NO3)CC2)C2CCCCC12. The summed E-state index contributed by atoms with van der Waals surface area (Å²) in [6.07, 6.45) is 13.4. The number of carbonyl (C=O) groups excluding carboxylic acids is 2. The summed E-state index contributed by atoms with van der Waals surface area (Å²) in [7, 11) is 0. The minimum Gasteiger partial charge on any atom is -0.341 e. The zero-order chi connectivity index (χ0) is 23.3. The minimum absolute atomic E-state index is 0.0737. The third-order valence-corrected chi connectivity index (χ3v) is 8.89. The molecule has 0 spiro atoms. The standard InChI is InChI=1S/C25H44N6O3/c32-23(12-11-22-26-24(29-34-22)18-7-2-1-3-8-18)31-14-6-13-30(15-16-31)17-21-19-9-4-5-10-20(19)25(33)28-27-21/h18-22,24,26-27,29H,1-17H2,(H,28,33). The van der Waals surface area contributed by atoms with E-state index >= 15 is 0 Å². The third kappa shape index (κ3) is 5.93. The average molecular weight is 477 g/mol. The number of hydroxylamine groups is 1. The lowest BCUT2D eigenvalue weighted by molar-refractivity contribution is -0.134. The summed E-state index contributed by atoms with van der Waals surface area (Å²) in [6.45, 7) is 4.47. The fourth-order valence-corrected chi connectivity index (χ4v) is 6.87. The number of amides is 2. The molecule has 3 heterocycles. The Bertz CT molecular complexity index is 702. The zero-order valence-electron chi connectivity index (χ0n) is 20.6. The van der Waals surface area contributed by atoms with Gasteiger partial charge >= 0.3 is 0 Å². The fraction of sp³-hybridized carbons (Fsp3) is 0.920. The molecule has 5 aliphatic rings. The van der Waals surface area contributed by atoms with Crippen LogP contribution in [-0.2, 0) is 14.4 Å². The van der Waals surface area contributed by atoms with E-state index in [0.29, 0.717) is 30.7 Å². The second-order valence-electron chi connectivity index (χ2n) is 11.1. The van der Waals surface area contributed by atoms with E-state index in [1.165, 1.54) is 44.9 Å². The molecule has 0 aromatic rings. The van der Waals surface area contributed by atoms with Gasteiger partial charge in [-0.3, -0.25) is 30.1 Å². The van der Waals surface area contributed by atoms with Crippen molar-refractivity contribution in [1.82, 2.24) is 31.4 Å². The quantitative estimate of drug-likeness (QED) is 0.461. The van der Waals surface area contributed by atoms with Crippen LogP contribution in [0.2, 0.25) is 0 Å². The number of hydrogen-bond donors (Lipinski definition) is 4. The number of nitrogens with zero attached hydrogens (tertiary/aromatic N) is 2. The highest BCUT2D eigenvalue weighted by Crippen LogP contribution is 2.34. The molecular weight excluding hydrogens is 432 g/mol. The molecule has 4 N–H and O–H groups in total. The minimum atomic E-state index is -0.0737. The smallest absolute Gasteiger partial charge is 0.237 e. The molecule has 5 fully saturated rings. The van der Waals surface area contributed by atoms with Gasteiger partial charge in [-0.1, -0.05) is 32.1 Å². The Hall–Kier alpha value is -1.26. The topological polar surface area (TPSA) is 98.0 Å². The first-order chi connectivity index (χ1) is 16.7. The molecule has 0 bridgehead atoms. The molecule has 2 aliphatic carbocycles. The second-order valence-corrected chi connectivity index (χ2v) is 11.1. The van der Waals surface area contributed by atoms with Crippen LogP contribution in [0.1, 0.15) is 77.0 Å². The number of fused-ring (bicyclic) bond motifs is 1. The van der Waals surface area contributed by atoms with Crippen molar-refractivity contribution in [1.29, 1.82) is 0 Å². The number of carbonyl (C=O) groups is 2. The number of hydrogen-bond acceptors (Lipinski definition) is 7. The Morgan fingerprint density at radius 2 is 1.76 bits per heavy atom. The largest absolute Gasteiger partial charge is 0.341 e. The zero-order valence-corrected chi connectivity index (χ0v) is 20.6. The lowest BCUT2D eigenvalue weighted by atomic mass is 9.74. The molecule has 34 heavy (non-hydrogen) atoms. The molecule has 3 saturated heterocycles. The molecule has 0 aromatic heterocycles. The lowest BCUT2D eigenvalue weighted by Gasteiger charge is -2.42. The van der Waals surface area contributed by atoms with Crippen molar-refractivity contribution in [2.75, 3.05) is 32.7 Å². The highest BCUT2D eigenvalue weighted by Gasteiger charge is 2.40. The van der Waals surface area contributed by atoms with E-state index in [2.05, 4.69) is 26.5 Å². The van der Waals surface area contributed by atoms with Gasteiger partial charge in [0, 0.05) is 44.6 Å². The highest BCUT2D eigenvalue weighted by molar-refractivity contribution is 5.79. The Labute approximate surface area is 204 Å². The fourth-order valence-electron chi connectivity index (χ4n) is 6.87. The third-order valence-electron chi connectivity index (χ3n) is 8.89. The molecule has 5 atom stereocenters. The number of rotatable bonds is 6. The summed E-state index contributed by atoms with van der Waals surface area (Å²) in [6, 6.07) is 0.306. The molecule has 192 valence electrons. The maximum Gasteiger partial charge on any atom is 0.237 e. The summed E-state index contributed by atoms with van der Waals surface area (Å²) in [5, 5.41) is 3.56. The molecule has 2 amide bonds. The molecule has 9 nitrogen and oxygen atoms in total. The molecule has 0 radical (unpaired) electrons. The van der Waals surface area contributed by atoms with Gasteiger partial charge in [-0.25, -0.2) is 5.43 Å². The van der Waals surface area contributed by atoms with E-state index < -0.39 is 0 Å². The predicted molar refractivity (Wildman–Crippen MR) is 129 cm³/mol. The Morgan fingerprint density at radius 1 is 0.941 bits per heavy atom. The summed E-state index contributed by atoms with van der Waals surface area (Å²) in [5.41, 5.74) is 9.41. The number of hydrazine groups is 1. The molecule has 5 unspecified atom stereocenters. The molecule has 3 aliphatic heterocycles. The lowest BCUT2D eigenvalue weighted by Crippen LogP contribution is -2.62. The van der Waals surface area contributed by atoms with Crippen molar-refractivity contribution < 1.29 is 14.4 Å². The summed E-state index contributed by atoms with van der Waals surface area (Å²) >= 11 is 0. The van der Waals surface area contributed by atoms with Crippen LogP contribution in [0.25, 0.3) is 0 Å². The molecule has 9 heteroatoms. The van der Waals surface area contributed by atoms with E-state index in [0.717, 1.165) is 52.0 Å². The van der Waals surface area contributed by atoms with Gasteiger partial charge in [0.2, 0.25) is 11.8 Å². The normalized spacial score (nSPS) is 36.1. The van der Waals surface area contributed by atoms with Gasteiger partial charge in [0.25, 0.3) is 0 Å². The van der Waals surface area contributed by atoms with Gasteiger partial charge in [-0.05, 0) is 56.9 Å². The van der Waals surface area contributed by atoms with E-state index in [1.54, 1.807) is 0 Å². The molecule has 0 aromatic carbocycles. The first kappa shape index (κ1) is 24.4. The van der Waals surface area contributed by atoms with Crippen LogP contribution < -0.4 is 21.6 Å². The van der Waals surface area contributed by atoms with Gasteiger partial charge < -0.3 is 4.90 Å². The first-order valence-corrected chi connectivity index (χ1v) is 13.9. The first-order valence-electron chi connectivity index (χ1n) is 13.9. The van der Waals surface area contributed by atoms with Crippen molar-refractivity contribution in [2.24, 2.45) is 17.8 Å². The molecular formula is C25H44N6O3. The van der Waals surface area contributed by atoms with E-state index in [4.69, 9.17) is 4.84 Å². The van der Waals surface area contributed by atoms with Crippen LogP contribution in [0.5, 0.6) is 0 Å². The Kier molecular flexibility index (Phi) is 8.37. The van der Waals surface area contributed by atoms with Crippen LogP contribution in [0, 0.1) is 17.8 Å². The van der Waals surface area contributed by atoms with Crippen molar-refractivity contribution in [3.05, 3.63) is 0 Å².